The zero-order valence-corrected chi connectivity index (χ0v) is 16.8. The van der Waals surface area contributed by atoms with Crippen molar-refractivity contribution in [3.05, 3.63) is 34.9 Å². The number of rotatable bonds is 8. The Bertz CT molecular complexity index is 769. The van der Waals surface area contributed by atoms with E-state index in [4.69, 9.17) is 9.84 Å². The molecule has 0 saturated heterocycles. The molecule has 1 fully saturated rings. The van der Waals surface area contributed by atoms with Gasteiger partial charge in [-0.1, -0.05) is 19.1 Å². The van der Waals surface area contributed by atoms with E-state index in [0.717, 1.165) is 17.5 Å². The number of nitrogens with one attached hydrogen (secondary N) is 1. The summed E-state index contributed by atoms with van der Waals surface area (Å²) in [6.07, 6.45) is -0.667. The Morgan fingerprint density at radius 2 is 2.07 bits per heavy atom. The normalized spacial score (nSPS) is 24.9. The number of halogens is 3. The molecule has 2 N–H and O–H groups in total. The number of benzene rings is 1. The molecule has 2 aliphatic carbocycles. The summed E-state index contributed by atoms with van der Waals surface area (Å²) in [7, 11) is 0. The Labute approximate surface area is 169 Å². The average molecular weight is 411 g/mol. The van der Waals surface area contributed by atoms with E-state index in [1.165, 1.54) is 5.57 Å². The van der Waals surface area contributed by atoms with Crippen LogP contribution in [-0.4, -0.2) is 35.9 Å². The first-order valence-corrected chi connectivity index (χ1v) is 10.1. The molecule has 0 bridgehead atoms. The first-order valence-electron chi connectivity index (χ1n) is 10.1. The van der Waals surface area contributed by atoms with Crippen LogP contribution in [-0.2, 0) is 11.2 Å². The zero-order chi connectivity index (χ0) is 21.2. The molecule has 7 heteroatoms. The minimum atomic E-state index is -4.14. The summed E-state index contributed by atoms with van der Waals surface area (Å²) in [5.41, 5.74) is 3.53. The highest BCUT2D eigenvalue weighted by Gasteiger charge is 2.35. The number of aliphatic carboxylic acids is 1. The van der Waals surface area contributed by atoms with Crippen LogP contribution in [0, 0.1) is 11.8 Å². The van der Waals surface area contributed by atoms with E-state index in [9.17, 15) is 18.0 Å². The van der Waals surface area contributed by atoms with Crippen LogP contribution in [0.1, 0.15) is 50.7 Å². The van der Waals surface area contributed by atoms with Crippen LogP contribution in [0.2, 0.25) is 0 Å². The van der Waals surface area contributed by atoms with Crippen molar-refractivity contribution in [3.8, 4) is 5.75 Å². The molecule has 3 rings (SSSR count). The lowest BCUT2D eigenvalue weighted by Gasteiger charge is -2.37. The third-order valence-electron chi connectivity index (χ3n) is 5.88. The van der Waals surface area contributed by atoms with Gasteiger partial charge in [0.25, 0.3) is 0 Å². The van der Waals surface area contributed by atoms with Crippen LogP contribution in [0.3, 0.4) is 0 Å². The van der Waals surface area contributed by atoms with E-state index in [-0.39, 0.29) is 31.0 Å². The predicted octanol–water partition coefficient (Wildman–Crippen LogP) is 4.82. The fourth-order valence-electron chi connectivity index (χ4n) is 4.18. The second-order valence-corrected chi connectivity index (χ2v) is 8.27. The zero-order valence-electron chi connectivity index (χ0n) is 16.8. The molecular weight excluding hydrogens is 383 g/mol. The van der Waals surface area contributed by atoms with Gasteiger partial charge in [0.2, 0.25) is 0 Å². The topological polar surface area (TPSA) is 58.6 Å². The Kier molecular flexibility index (Phi) is 6.56. The molecule has 2 aliphatic rings. The summed E-state index contributed by atoms with van der Waals surface area (Å²) in [6.45, 7) is 4.32. The second kappa shape index (κ2) is 8.78. The van der Waals surface area contributed by atoms with Crippen molar-refractivity contribution in [1.82, 2.24) is 5.32 Å². The molecule has 2 atom stereocenters. The van der Waals surface area contributed by atoms with Crippen molar-refractivity contribution in [2.24, 2.45) is 11.8 Å². The van der Waals surface area contributed by atoms with Crippen molar-refractivity contribution in [2.45, 2.75) is 64.2 Å². The smallest absolute Gasteiger partial charge is 0.389 e. The van der Waals surface area contributed by atoms with E-state index in [2.05, 4.69) is 25.2 Å². The van der Waals surface area contributed by atoms with E-state index < -0.39 is 18.6 Å². The van der Waals surface area contributed by atoms with Gasteiger partial charge >= 0.3 is 12.1 Å². The predicted molar refractivity (Wildman–Crippen MR) is 105 cm³/mol. The number of ether oxygens (including phenoxy) is 1. The highest BCUT2D eigenvalue weighted by molar-refractivity contribution is 5.71. The lowest BCUT2D eigenvalue weighted by Crippen LogP contribution is -2.48. The third-order valence-corrected chi connectivity index (χ3v) is 5.88. The van der Waals surface area contributed by atoms with E-state index in [1.807, 2.05) is 12.1 Å². The molecule has 0 spiro atoms. The third kappa shape index (κ3) is 5.75. The van der Waals surface area contributed by atoms with E-state index >= 15 is 0 Å². The molecule has 0 heterocycles. The SMILES string of the molecule is CC(N[C@H]1C[C@@H](C(=O)O)C1)C1=Cc2ccc(OCCCC(F)(F)F)cc2C[C@@H]1C. The quantitative estimate of drug-likeness (QED) is 0.602. The van der Waals surface area contributed by atoms with Crippen LogP contribution < -0.4 is 10.1 Å². The minimum absolute atomic E-state index is 0.0475. The number of carboxylic acid groups (broad SMARTS) is 1. The molecular formula is C22H28F3NO3. The summed E-state index contributed by atoms with van der Waals surface area (Å²) in [5, 5.41) is 12.6. The van der Waals surface area contributed by atoms with Crippen molar-refractivity contribution in [1.29, 1.82) is 0 Å². The van der Waals surface area contributed by atoms with Gasteiger partial charge in [-0.3, -0.25) is 4.79 Å². The van der Waals surface area contributed by atoms with Gasteiger partial charge in [-0.2, -0.15) is 13.2 Å². The molecule has 0 amide bonds. The lowest BCUT2D eigenvalue weighted by molar-refractivity contribution is -0.145. The number of hydrogen-bond donors (Lipinski definition) is 2. The fourth-order valence-corrected chi connectivity index (χ4v) is 4.18. The lowest BCUT2D eigenvalue weighted by atomic mass is 9.78. The molecule has 1 saturated carbocycles. The first kappa shape index (κ1) is 21.7. The summed E-state index contributed by atoms with van der Waals surface area (Å²) in [5.74, 6) is -0.0183. The van der Waals surface area contributed by atoms with Gasteiger partial charge in [-0.05, 0) is 67.4 Å². The van der Waals surface area contributed by atoms with Gasteiger partial charge in [0.1, 0.15) is 5.75 Å². The Hall–Kier alpha value is -2.02. The Balaban J connectivity index is 1.57. The van der Waals surface area contributed by atoms with Crippen LogP contribution in [0.5, 0.6) is 5.75 Å². The van der Waals surface area contributed by atoms with Crippen molar-refractivity contribution in [2.75, 3.05) is 6.61 Å². The number of hydrogen-bond acceptors (Lipinski definition) is 3. The molecule has 0 radical (unpaired) electrons. The fraction of sp³-hybridized carbons (Fsp3) is 0.591. The summed E-state index contributed by atoms with van der Waals surface area (Å²) >= 11 is 0. The number of alkyl halides is 3. The Morgan fingerprint density at radius 3 is 2.72 bits per heavy atom. The number of fused-ring (bicyclic) bond motifs is 1. The van der Waals surface area contributed by atoms with Gasteiger partial charge < -0.3 is 15.2 Å². The van der Waals surface area contributed by atoms with E-state index in [1.54, 1.807) is 6.07 Å². The maximum Gasteiger partial charge on any atom is 0.389 e. The van der Waals surface area contributed by atoms with Crippen molar-refractivity contribution >= 4 is 12.0 Å². The summed E-state index contributed by atoms with van der Waals surface area (Å²) in [6, 6.07) is 6.09. The molecule has 4 nitrogen and oxygen atoms in total. The van der Waals surface area contributed by atoms with Gasteiger partial charge in [-0.15, -0.1) is 0 Å². The van der Waals surface area contributed by atoms with Crippen molar-refractivity contribution < 1.29 is 27.8 Å². The monoisotopic (exact) mass is 411 g/mol. The largest absolute Gasteiger partial charge is 0.494 e. The molecule has 160 valence electrons. The van der Waals surface area contributed by atoms with Gasteiger partial charge in [0.05, 0.1) is 12.5 Å². The number of carbonyl (C=O) groups is 1. The van der Waals surface area contributed by atoms with Crippen LogP contribution in [0.4, 0.5) is 13.2 Å². The van der Waals surface area contributed by atoms with Gasteiger partial charge in [-0.25, -0.2) is 0 Å². The highest BCUT2D eigenvalue weighted by atomic mass is 19.4. The second-order valence-electron chi connectivity index (χ2n) is 8.27. The maximum atomic E-state index is 12.2. The first-order chi connectivity index (χ1) is 13.6. The summed E-state index contributed by atoms with van der Waals surface area (Å²) in [4.78, 5) is 11.0. The summed E-state index contributed by atoms with van der Waals surface area (Å²) < 4.78 is 42.2. The molecule has 0 aromatic heterocycles. The maximum absolute atomic E-state index is 12.2. The molecule has 1 aromatic carbocycles. The minimum Gasteiger partial charge on any atom is -0.494 e. The van der Waals surface area contributed by atoms with Crippen LogP contribution in [0.25, 0.3) is 6.08 Å². The van der Waals surface area contributed by atoms with Gasteiger partial charge in [0, 0.05) is 18.5 Å². The molecule has 1 aromatic rings. The van der Waals surface area contributed by atoms with Crippen LogP contribution in [0.15, 0.2) is 23.8 Å². The average Bonchev–Trinajstić information content (AvgIpc) is 2.59. The van der Waals surface area contributed by atoms with Gasteiger partial charge in [0.15, 0.2) is 0 Å². The molecule has 29 heavy (non-hydrogen) atoms. The van der Waals surface area contributed by atoms with E-state index in [0.29, 0.717) is 24.5 Å². The highest BCUT2D eigenvalue weighted by Crippen LogP contribution is 2.34. The molecule has 0 aliphatic heterocycles. The Morgan fingerprint density at radius 1 is 1.34 bits per heavy atom. The standard InChI is InChI=1S/C22H28F3NO3/c1-13-8-16-11-19(29-7-3-6-22(23,24)25)5-4-15(16)12-20(13)14(2)26-18-9-17(10-18)21(27)28/h4-5,11-14,17-18,26H,3,6-10H2,1-2H3,(H,27,28)/t13-,14?,17-,18+/m0/s1. The number of carboxylic acids is 1. The molecule has 1 unspecified atom stereocenters. The van der Waals surface area contributed by atoms with Crippen LogP contribution >= 0.6 is 0 Å². The van der Waals surface area contributed by atoms with Crippen molar-refractivity contribution in [3.63, 3.8) is 0 Å².